The summed E-state index contributed by atoms with van der Waals surface area (Å²) in [7, 11) is -11.1. The summed E-state index contributed by atoms with van der Waals surface area (Å²) in [6.07, 6.45) is -1.96. The largest absolute Gasteiger partial charge is 0.481 e. The molecule has 28 heavy (non-hydrogen) atoms. The van der Waals surface area contributed by atoms with E-state index in [0.29, 0.717) is 0 Å². The van der Waals surface area contributed by atoms with Gasteiger partial charge in [-0.05, 0) is 12.3 Å². The quantitative estimate of drug-likeness (QED) is 0.147. The molecule has 0 fully saturated rings. The lowest BCUT2D eigenvalue weighted by Gasteiger charge is -2.29. The lowest BCUT2D eigenvalue weighted by atomic mass is 9.90. The number of ketones is 1. The molecule has 164 valence electrons. The Bertz CT molecular complexity index is 644. The molecule has 0 rings (SSSR count). The van der Waals surface area contributed by atoms with Crippen LogP contribution in [0, 0.1) is 11.8 Å². The summed E-state index contributed by atoms with van der Waals surface area (Å²) in [5.41, 5.74) is 0. The smallest absolute Gasteiger partial charge is 0.369 e. The molecule has 12 nitrogen and oxygen atoms in total. The summed E-state index contributed by atoms with van der Waals surface area (Å²) in [4.78, 5) is 70.4. The molecule has 1 amide bonds. The summed E-state index contributed by atoms with van der Waals surface area (Å²) in [6, 6.07) is 0. The summed E-state index contributed by atoms with van der Waals surface area (Å²) in [5, 5.41) is 17.4. The van der Waals surface area contributed by atoms with Crippen LogP contribution in [0.4, 0.5) is 0 Å². The molecule has 0 aromatic carbocycles. The molecule has 0 aromatic rings. The maximum atomic E-state index is 11.8. The first-order valence-electron chi connectivity index (χ1n) is 8.37. The third-order valence-corrected chi connectivity index (χ3v) is 8.02. The minimum absolute atomic E-state index is 0.197. The Kier molecular flexibility index (Phi) is 10.2. The number of rotatable bonds is 13. The fraction of sp³-hybridized carbons (Fsp3) is 0.786. The van der Waals surface area contributed by atoms with Crippen molar-refractivity contribution in [2.75, 3.05) is 6.54 Å². The van der Waals surface area contributed by atoms with Gasteiger partial charge in [0.05, 0.1) is 5.92 Å². The van der Waals surface area contributed by atoms with Gasteiger partial charge in [0.15, 0.2) is 0 Å². The van der Waals surface area contributed by atoms with Crippen molar-refractivity contribution in [1.82, 2.24) is 5.32 Å². The molecule has 0 aliphatic heterocycles. The Hall–Kier alpha value is -1.13. The molecule has 7 N–H and O–H groups in total. The predicted molar refractivity (Wildman–Crippen MR) is 96.1 cm³/mol. The van der Waals surface area contributed by atoms with Gasteiger partial charge in [0.2, 0.25) is 5.91 Å². The van der Waals surface area contributed by atoms with E-state index in [0.717, 1.165) is 0 Å². The molecule has 0 bridgehead atoms. The normalized spacial score (nSPS) is 14.0. The molecule has 0 radical (unpaired) electrons. The van der Waals surface area contributed by atoms with Gasteiger partial charge in [-0.2, -0.15) is 0 Å². The minimum atomic E-state index is -5.54. The number of carboxylic acids is 1. The third-order valence-electron chi connectivity index (χ3n) is 4.14. The number of amides is 1. The monoisotopic (exact) mass is 447 g/mol. The average Bonchev–Trinajstić information content (AvgIpc) is 2.51. The van der Waals surface area contributed by atoms with E-state index in [1.54, 1.807) is 13.8 Å². The number of carbonyl (C=O) groups is 3. The third kappa shape index (κ3) is 8.08. The zero-order chi connectivity index (χ0) is 22.3. The molecular weight excluding hydrogens is 420 g/mol. The first-order chi connectivity index (χ1) is 12.5. The van der Waals surface area contributed by atoms with Crippen molar-refractivity contribution in [3.63, 3.8) is 0 Å². The number of aliphatic carboxylic acids is 1. The number of carboxylic acid groups (broad SMARTS) is 1. The zero-order valence-corrected chi connectivity index (χ0v) is 17.3. The Morgan fingerprint density at radius 1 is 1.00 bits per heavy atom. The van der Waals surface area contributed by atoms with E-state index >= 15 is 0 Å². The number of nitrogens with one attached hydrogen (secondary N) is 1. The van der Waals surface area contributed by atoms with Gasteiger partial charge >= 0.3 is 21.2 Å². The first kappa shape index (κ1) is 26.9. The van der Waals surface area contributed by atoms with E-state index < -0.39 is 50.3 Å². The van der Waals surface area contributed by atoms with Crippen LogP contribution in [0.1, 0.15) is 46.0 Å². The maximum absolute atomic E-state index is 11.8. The minimum Gasteiger partial charge on any atom is -0.481 e. The molecule has 0 aromatic heterocycles. The number of Topliss-reactive ketones (excluding diaryl/α,β-unsaturated/α-hetero) is 1. The second-order valence-electron chi connectivity index (χ2n) is 6.75. The zero-order valence-electron chi connectivity index (χ0n) is 15.5. The van der Waals surface area contributed by atoms with Crippen LogP contribution in [-0.2, 0) is 23.5 Å². The molecule has 0 aliphatic rings. The Morgan fingerprint density at radius 3 is 1.89 bits per heavy atom. The maximum Gasteiger partial charge on any atom is 0.369 e. The second-order valence-corrected chi connectivity index (χ2v) is 10.8. The standard InChI is InChI=1S/C14H27NO11P2/c1-9(2)11(13(18)19)8-10(16)4-5-12(17)15-7-3-6-14(20,27(21,22)23)28(24,25)26/h9,11,20H,3-8H2,1-2H3,(H,15,17)(H,18,19)(H2,21,22,23)(H2,24,25,26)/t11-/m0/s1. The fourth-order valence-corrected chi connectivity index (χ4v) is 4.57. The van der Waals surface area contributed by atoms with Crippen LogP contribution < -0.4 is 5.32 Å². The molecule has 0 unspecified atom stereocenters. The van der Waals surface area contributed by atoms with Gasteiger partial charge in [-0.15, -0.1) is 0 Å². The van der Waals surface area contributed by atoms with Gasteiger partial charge in [0, 0.05) is 32.2 Å². The Labute approximate surface area is 161 Å². The highest BCUT2D eigenvalue weighted by Gasteiger charge is 2.58. The van der Waals surface area contributed by atoms with Gasteiger partial charge < -0.3 is 35.1 Å². The fourth-order valence-electron chi connectivity index (χ4n) is 2.31. The highest BCUT2D eigenvalue weighted by atomic mass is 31.2. The number of hydrogen-bond donors (Lipinski definition) is 7. The lowest BCUT2D eigenvalue weighted by molar-refractivity contribution is -0.145. The predicted octanol–water partition coefficient (Wildman–Crippen LogP) is -0.0195. The van der Waals surface area contributed by atoms with Crippen molar-refractivity contribution in [2.24, 2.45) is 11.8 Å². The van der Waals surface area contributed by atoms with Crippen LogP contribution in [0.25, 0.3) is 0 Å². The number of aliphatic hydroxyl groups is 1. The molecule has 0 saturated heterocycles. The van der Waals surface area contributed by atoms with E-state index in [9.17, 15) is 28.6 Å². The summed E-state index contributed by atoms with van der Waals surface area (Å²) < 4.78 is 22.3. The van der Waals surface area contributed by atoms with Gasteiger partial charge in [-0.1, -0.05) is 13.8 Å². The summed E-state index contributed by atoms with van der Waals surface area (Å²) in [5.74, 6) is -3.23. The van der Waals surface area contributed by atoms with Gasteiger partial charge in [-0.3, -0.25) is 23.5 Å². The van der Waals surface area contributed by atoms with Gasteiger partial charge in [0.1, 0.15) is 5.78 Å². The van der Waals surface area contributed by atoms with Crippen LogP contribution in [0.3, 0.4) is 0 Å². The topological polar surface area (TPSA) is 219 Å². The lowest BCUT2D eigenvalue weighted by Crippen LogP contribution is -2.31. The molecule has 0 spiro atoms. The molecule has 14 heteroatoms. The van der Waals surface area contributed by atoms with Crippen LogP contribution in [0.5, 0.6) is 0 Å². The van der Waals surface area contributed by atoms with Crippen molar-refractivity contribution in [3.8, 4) is 0 Å². The van der Waals surface area contributed by atoms with Crippen LogP contribution >= 0.6 is 15.2 Å². The van der Waals surface area contributed by atoms with E-state index in [1.807, 2.05) is 0 Å². The van der Waals surface area contributed by atoms with Crippen LogP contribution in [0.2, 0.25) is 0 Å². The molecule has 0 aliphatic carbocycles. The van der Waals surface area contributed by atoms with Gasteiger partial charge in [-0.25, -0.2) is 0 Å². The highest BCUT2D eigenvalue weighted by Crippen LogP contribution is 2.69. The highest BCUT2D eigenvalue weighted by molar-refractivity contribution is 7.72. The number of carbonyl (C=O) groups excluding carboxylic acids is 2. The summed E-state index contributed by atoms with van der Waals surface area (Å²) in [6.45, 7) is 3.07. The van der Waals surface area contributed by atoms with Crippen molar-refractivity contribution < 1.29 is 53.3 Å². The van der Waals surface area contributed by atoms with Crippen molar-refractivity contribution in [3.05, 3.63) is 0 Å². The first-order valence-corrected chi connectivity index (χ1v) is 11.6. The van der Waals surface area contributed by atoms with Crippen molar-refractivity contribution in [1.29, 1.82) is 0 Å². The SMILES string of the molecule is CC(C)[C@H](CC(=O)CCC(=O)NCCCC(O)(P(=O)(O)O)P(=O)(O)O)C(=O)O. The van der Waals surface area contributed by atoms with Gasteiger partial charge in [0.25, 0.3) is 5.08 Å². The average molecular weight is 447 g/mol. The van der Waals surface area contributed by atoms with Crippen molar-refractivity contribution >= 4 is 32.9 Å². The molecule has 1 atom stereocenters. The second kappa shape index (κ2) is 10.6. The molecule has 0 saturated carbocycles. The van der Waals surface area contributed by atoms with Crippen LogP contribution in [-0.4, -0.2) is 59.1 Å². The summed E-state index contributed by atoms with van der Waals surface area (Å²) >= 11 is 0. The van der Waals surface area contributed by atoms with Crippen molar-refractivity contribution in [2.45, 2.75) is 51.0 Å². The Morgan fingerprint density at radius 2 is 1.50 bits per heavy atom. The molecule has 0 heterocycles. The van der Waals surface area contributed by atoms with Crippen LogP contribution in [0.15, 0.2) is 0 Å². The number of hydrogen-bond acceptors (Lipinski definition) is 6. The Balaban J connectivity index is 4.44. The van der Waals surface area contributed by atoms with E-state index in [1.165, 1.54) is 0 Å². The van der Waals surface area contributed by atoms with E-state index in [2.05, 4.69) is 5.32 Å². The van der Waals surface area contributed by atoms with E-state index in [4.69, 9.17) is 24.7 Å². The molecular formula is C14H27NO11P2. The van der Waals surface area contributed by atoms with E-state index in [-0.39, 0.29) is 38.1 Å².